The summed E-state index contributed by atoms with van der Waals surface area (Å²) in [6.45, 7) is 2.62. The van der Waals surface area contributed by atoms with E-state index < -0.39 is 5.97 Å². The van der Waals surface area contributed by atoms with Gasteiger partial charge in [-0.15, -0.1) is 0 Å². The molecule has 0 amide bonds. The number of aryl methyl sites for hydroxylation is 1. The van der Waals surface area contributed by atoms with Gasteiger partial charge in [0.05, 0.1) is 0 Å². The zero-order chi connectivity index (χ0) is 20.5. The van der Waals surface area contributed by atoms with Crippen molar-refractivity contribution < 1.29 is 14.6 Å². The Hall–Kier alpha value is -3.59. The van der Waals surface area contributed by atoms with Gasteiger partial charge in [0, 0.05) is 6.08 Å². The highest BCUT2D eigenvalue weighted by Crippen LogP contribution is 2.25. The van der Waals surface area contributed by atoms with Gasteiger partial charge in [0.15, 0.2) is 0 Å². The molecule has 0 aromatic heterocycles. The van der Waals surface area contributed by atoms with Crippen LogP contribution in [0.5, 0.6) is 5.75 Å². The minimum Gasteiger partial charge on any atom is -0.488 e. The van der Waals surface area contributed by atoms with Gasteiger partial charge in [-0.1, -0.05) is 84.9 Å². The fourth-order valence-electron chi connectivity index (χ4n) is 3.02. The Bertz CT molecular complexity index is 1000. The fraction of sp³-hybridized carbons (Fsp3) is 0.115. The summed E-state index contributed by atoms with van der Waals surface area (Å²) in [5.74, 6) is -0.00688. The summed E-state index contributed by atoms with van der Waals surface area (Å²) in [6.07, 6.45) is 7.67. The fourth-order valence-corrected chi connectivity index (χ4v) is 3.02. The highest BCUT2D eigenvalue weighted by molar-refractivity contribution is 5.85. The van der Waals surface area contributed by atoms with E-state index in [9.17, 15) is 4.79 Å². The SMILES string of the molecule is Cc1cccc(C/C=C\c2ccc(/C=C/C(=O)O)cc2)c1OCc1ccccc1. The lowest BCUT2D eigenvalue weighted by molar-refractivity contribution is -0.131. The topological polar surface area (TPSA) is 46.5 Å². The lowest BCUT2D eigenvalue weighted by Crippen LogP contribution is -2.00. The van der Waals surface area contributed by atoms with Crippen molar-refractivity contribution in [2.75, 3.05) is 0 Å². The molecule has 0 radical (unpaired) electrons. The van der Waals surface area contributed by atoms with Gasteiger partial charge in [-0.25, -0.2) is 4.79 Å². The summed E-state index contributed by atoms with van der Waals surface area (Å²) < 4.78 is 6.13. The number of carboxylic acid groups (broad SMARTS) is 1. The monoisotopic (exact) mass is 384 g/mol. The van der Waals surface area contributed by atoms with E-state index in [0.717, 1.165) is 46.1 Å². The van der Waals surface area contributed by atoms with E-state index in [-0.39, 0.29) is 0 Å². The highest BCUT2D eigenvalue weighted by Gasteiger charge is 2.06. The van der Waals surface area contributed by atoms with Gasteiger partial charge >= 0.3 is 5.97 Å². The maximum absolute atomic E-state index is 10.6. The van der Waals surface area contributed by atoms with Crippen LogP contribution in [0.15, 0.2) is 84.9 Å². The van der Waals surface area contributed by atoms with Crippen LogP contribution in [0.3, 0.4) is 0 Å². The highest BCUT2D eigenvalue weighted by atomic mass is 16.5. The number of carboxylic acids is 1. The molecule has 1 N–H and O–H groups in total. The maximum atomic E-state index is 10.6. The third-order valence-corrected chi connectivity index (χ3v) is 4.52. The van der Waals surface area contributed by atoms with Crippen LogP contribution in [0.2, 0.25) is 0 Å². The third-order valence-electron chi connectivity index (χ3n) is 4.52. The molecular weight excluding hydrogens is 360 g/mol. The zero-order valence-electron chi connectivity index (χ0n) is 16.4. The van der Waals surface area contributed by atoms with Crippen LogP contribution < -0.4 is 4.74 Å². The Morgan fingerprint density at radius 1 is 0.897 bits per heavy atom. The molecule has 3 nitrogen and oxygen atoms in total. The predicted octanol–water partition coefficient (Wildman–Crippen LogP) is 5.93. The van der Waals surface area contributed by atoms with E-state index in [1.165, 1.54) is 0 Å². The van der Waals surface area contributed by atoms with Crippen molar-refractivity contribution in [2.24, 2.45) is 0 Å². The molecule has 0 saturated carbocycles. The number of allylic oxidation sites excluding steroid dienone is 1. The van der Waals surface area contributed by atoms with Crippen molar-refractivity contribution in [1.82, 2.24) is 0 Å². The lowest BCUT2D eigenvalue weighted by atomic mass is 10.1. The molecule has 0 spiro atoms. The first-order valence-electron chi connectivity index (χ1n) is 9.54. The van der Waals surface area contributed by atoms with Crippen molar-refractivity contribution in [1.29, 1.82) is 0 Å². The second-order valence-electron chi connectivity index (χ2n) is 6.78. The molecule has 146 valence electrons. The van der Waals surface area contributed by atoms with Gasteiger partial charge in [-0.2, -0.15) is 0 Å². The summed E-state index contributed by atoms with van der Waals surface area (Å²) >= 11 is 0. The summed E-state index contributed by atoms with van der Waals surface area (Å²) in [5.41, 5.74) is 5.35. The van der Waals surface area contributed by atoms with Crippen molar-refractivity contribution in [3.8, 4) is 5.75 Å². The van der Waals surface area contributed by atoms with E-state index >= 15 is 0 Å². The maximum Gasteiger partial charge on any atom is 0.328 e. The number of rotatable bonds is 8. The van der Waals surface area contributed by atoms with Crippen LogP contribution in [-0.4, -0.2) is 11.1 Å². The molecule has 0 bridgehead atoms. The molecule has 0 saturated heterocycles. The second kappa shape index (κ2) is 10.1. The summed E-state index contributed by atoms with van der Waals surface area (Å²) in [7, 11) is 0. The van der Waals surface area contributed by atoms with Gasteiger partial charge in [0.25, 0.3) is 0 Å². The molecule has 3 aromatic carbocycles. The van der Waals surface area contributed by atoms with Crippen LogP contribution in [0.25, 0.3) is 12.2 Å². The molecule has 3 rings (SSSR count). The van der Waals surface area contributed by atoms with E-state index in [1.807, 2.05) is 42.5 Å². The Balaban J connectivity index is 1.65. The van der Waals surface area contributed by atoms with Crippen LogP contribution in [-0.2, 0) is 17.8 Å². The van der Waals surface area contributed by atoms with Crippen LogP contribution >= 0.6 is 0 Å². The number of aliphatic carboxylic acids is 1. The van der Waals surface area contributed by atoms with Crippen molar-refractivity contribution in [3.05, 3.63) is 113 Å². The largest absolute Gasteiger partial charge is 0.488 e. The Morgan fingerprint density at radius 2 is 1.59 bits per heavy atom. The summed E-state index contributed by atoms with van der Waals surface area (Å²) in [4.78, 5) is 10.6. The van der Waals surface area contributed by atoms with E-state index in [1.54, 1.807) is 6.08 Å². The van der Waals surface area contributed by atoms with Gasteiger partial charge in [-0.3, -0.25) is 0 Å². The first kappa shape index (κ1) is 20.2. The molecule has 0 atom stereocenters. The van der Waals surface area contributed by atoms with E-state index in [2.05, 4.69) is 49.4 Å². The summed E-state index contributed by atoms with van der Waals surface area (Å²) in [5, 5.41) is 8.69. The molecule has 29 heavy (non-hydrogen) atoms. The van der Waals surface area contributed by atoms with Crippen LogP contribution in [0, 0.1) is 6.92 Å². The molecule has 0 unspecified atom stereocenters. The average Bonchev–Trinajstić information content (AvgIpc) is 2.73. The lowest BCUT2D eigenvalue weighted by Gasteiger charge is -2.13. The second-order valence-corrected chi connectivity index (χ2v) is 6.78. The quantitative estimate of drug-likeness (QED) is 0.490. The van der Waals surface area contributed by atoms with Gasteiger partial charge in [0.2, 0.25) is 0 Å². The number of benzene rings is 3. The van der Waals surface area contributed by atoms with Crippen molar-refractivity contribution in [2.45, 2.75) is 20.0 Å². The normalized spacial score (nSPS) is 11.2. The van der Waals surface area contributed by atoms with Gasteiger partial charge < -0.3 is 9.84 Å². The number of ether oxygens (including phenoxy) is 1. The smallest absolute Gasteiger partial charge is 0.328 e. The predicted molar refractivity (Wildman–Crippen MR) is 118 cm³/mol. The zero-order valence-corrected chi connectivity index (χ0v) is 16.4. The number of hydrogen-bond donors (Lipinski definition) is 1. The van der Waals surface area contributed by atoms with Crippen molar-refractivity contribution >= 4 is 18.1 Å². The van der Waals surface area contributed by atoms with Gasteiger partial charge in [0.1, 0.15) is 12.4 Å². The Labute approximate surface area is 171 Å². The standard InChI is InChI=1S/C26H24O3/c1-20-7-5-11-24(26(20)29-19-23-8-3-2-4-9-23)12-6-10-21-13-15-22(16-14-21)17-18-25(27)28/h2-11,13-18H,12,19H2,1H3,(H,27,28)/b10-6-,18-17+. The molecule has 0 fully saturated rings. The first-order valence-corrected chi connectivity index (χ1v) is 9.54. The van der Waals surface area contributed by atoms with E-state index in [0.29, 0.717) is 6.61 Å². The van der Waals surface area contributed by atoms with Gasteiger partial charge in [-0.05, 0) is 47.2 Å². The molecule has 0 aliphatic heterocycles. The number of hydrogen-bond acceptors (Lipinski definition) is 2. The molecule has 3 aromatic rings. The van der Waals surface area contributed by atoms with E-state index in [4.69, 9.17) is 9.84 Å². The molecular formula is C26H24O3. The molecule has 0 aliphatic carbocycles. The Kier molecular flexibility index (Phi) is 7.01. The minimum absolute atomic E-state index is 0.549. The molecule has 0 aliphatic rings. The van der Waals surface area contributed by atoms with Crippen molar-refractivity contribution in [3.63, 3.8) is 0 Å². The molecule has 0 heterocycles. The minimum atomic E-state index is -0.947. The third kappa shape index (κ3) is 6.22. The van der Waals surface area contributed by atoms with Crippen LogP contribution in [0.4, 0.5) is 0 Å². The first-order chi connectivity index (χ1) is 14.1. The Morgan fingerprint density at radius 3 is 2.28 bits per heavy atom. The number of carbonyl (C=O) groups is 1. The molecule has 3 heteroatoms. The summed E-state index contributed by atoms with van der Waals surface area (Å²) in [6, 6.07) is 24.1. The number of para-hydroxylation sites is 1. The average molecular weight is 384 g/mol. The van der Waals surface area contributed by atoms with Crippen LogP contribution in [0.1, 0.15) is 27.8 Å².